The van der Waals surface area contributed by atoms with E-state index < -0.39 is 5.97 Å². The molecule has 3 aromatic carbocycles. The number of methoxy groups -OCH3 is 1. The van der Waals surface area contributed by atoms with Crippen molar-refractivity contribution in [2.75, 3.05) is 18.6 Å². The predicted octanol–water partition coefficient (Wildman–Crippen LogP) is 4.76. The number of carbonyl (C=O) groups excluding carboxylic acids is 2. The molecule has 1 heterocycles. The molecule has 0 N–H and O–H groups in total. The quantitative estimate of drug-likeness (QED) is 0.323. The van der Waals surface area contributed by atoms with Gasteiger partial charge in [0.05, 0.1) is 12.7 Å². The minimum Gasteiger partial charge on any atom is -0.497 e. The monoisotopic (exact) mass is 427 g/mol. The first-order valence-electron chi connectivity index (χ1n) is 10.5. The summed E-state index contributed by atoms with van der Waals surface area (Å²) in [7, 11) is 1.60. The normalized spacial score (nSPS) is 15.2. The number of carbonyl (C=O) groups is 2. The van der Waals surface area contributed by atoms with Crippen molar-refractivity contribution in [3.8, 4) is 5.75 Å². The van der Waals surface area contributed by atoms with Crippen molar-refractivity contribution in [1.29, 1.82) is 0 Å². The fourth-order valence-electron chi connectivity index (χ4n) is 4.00. The van der Waals surface area contributed by atoms with Crippen LogP contribution in [0.5, 0.6) is 5.75 Å². The van der Waals surface area contributed by atoms with E-state index in [-0.39, 0.29) is 18.6 Å². The molecule has 1 aliphatic rings. The standard InChI is InChI=1S/C27H25NO4/c1-19-15-22-12-6-7-14-25(22)28(19)26(29)18-32-27(30)24(21-10-4-3-5-11-21)17-20-9-8-13-23(16-20)31-2/h3-14,16-17,19H,15,18H2,1-2H3/b24-17+/t19-/m0/s1. The number of amides is 1. The summed E-state index contributed by atoms with van der Waals surface area (Å²) in [5.41, 5.74) is 3.90. The second-order valence-corrected chi connectivity index (χ2v) is 7.72. The van der Waals surface area contributed by atoms with E-state index >= 15 is 0 Å². The Kier molecular flexibility index (Phi) is 6.36. The van der Waals surface area contributed by atoms with Crippen LogP contribution >= 0.6 is 0 Å². The van der Waals surface area contributed by atoms with E-state index in [1.165, 1.54) is 0 Å². The van der Waals surface area contributed by atoms with E-state index in [1.807, 2.05) is 85.8 Å². The van der Waals surface area contributed by atoms with Gasteiger partial charge < -0.3 is 14.4 Å². The summed E-state index contributed by atoms with van der Waals surface area (Å²) in [6.07, 6.45) is 2.54. The Labute approximate surface area is 187 Å². The molecule has 0 bridgehead atoms. The van der Waals surface area contributed by atoms with E-state index in [4.69, 9.17) is 9.47 Å². The molecule has 1 amide bonds. The summed E-state index contributed by atoms with van der Waals surface area (Å²) in [6, 6.07) is 24.5. The molecule has 5 heteroatoms. The first-order chi connectivity index (χ1) is 15.6. The van der Waals surface area contributed by atoms with Crippen molar-refractivity contribution in [3.63, 3.8) is 0 Å². The highest BCUT2D eigenvalue weighted by molar-refractivity contribution is 6.22. The molecule has 3 aromatic rings. The maximum absolute atomic E-state index is 13.1. The van der Waals surface area contributed by atoms with Crippen LogP contribution in [0.2, 0.25) is 0 Å². The van der Waals surface area contributed by atoms with Gasteiger partial charge in [-0.15, -0.1) is 0 Å². The fraction of sp³-hybridized carbons (Fsp3) is 0.185. The van der Waals surface area contributed by atoms with Crippen molar-refractivity contribution in [2.45, 2.75) is 19.4 Å². The molecule has 162 valence electrons. The third-order valence-electron chi connectivity index (χ3n) is 5.51. The van der Waals surface area contributed by atoms with Crippen LogP contribution in [0.4, 0.5) is 5.69 Å². The molecule has 32 heavy (non-hydrogen) atoms. The predicted molar refractivity (Wildman–Crippen MR) is 125 cm³/mol. The van der Waals surface area contributed by atoms with Gasteiger partial charge in [0.1, 0.15) is 5.75 Å². The van der Waals surface area contributed by atoms with Crippen molar-refractivity contribution >= 4 is 29.2 Å². The van der Waals surface area contributed by atoms with Crippen LogP contribution in [-0.4, -0.2) is 31.6 Å². The van der Waals surface area contributed by atoms with Crippen molar-refractivity contribution in [3.05, 3.63) is 95.6 Å². The number of nitrogens with zero attached hydrogens (tertiary/aromatic N) is 1. The number of para-hydroxylation sites is 1. The smallest absolute Gasteiger partial charge is 0.339 e. The largest absolute Gasteiger partial charge is 0.497 e. The number of benzene rings is 3. The van der Waals surface area contributed by atoms with E-state index in [1.54, 1.807) is 18.1 Å². The number of hydrogen-bond acceptors (Lipinski definition) is 4. The summed E-state index contributed by atoms with van der Waals surface area (Å²) in [5, 5.41) is 0. The number of anilines is 1. The first-order valence-corrected chi connectivity index (χ1v) is 10.5. The summed E-state index contributed by atoms with van der Waals surface area (Å²) in [6.45, 7) is 1.68. The highest BCUT2D eigenvalue weighted by Crippen LogP contribution is 2.32. The van der Waals surface area contributed by atoms with Crippen LogP contribution in [-0.2, 0) is 20.7 Å². The lowest BCUT2D eigenvalue weighted by atomic mass is 10.0. The second kappa shape index (κ2) is 9.52. The Balaban J connectivity index is 1.54. The number of esters is 1. The molecule has 0 fully saturated rings. The summed E-state index contributed by atoms with van der Waals surface area (Å²) in [5.74, 6) is -0.0894. The zero-order valence-corrected chi connectivity index (χ0v) is 18.2. The lowest BCUT2D eigenvalue weighted by molar-refractivity contribution is -0.142. The highest BCUT2D eigenvalue weighted by atomic mass is 16.5. The highest BCUT2D eigenvalue weighted by Gasteiger charge is 2.31. The summed E-state index contributed by atoms with van der Waals surface area (Å²) < 4.78 is 10.8. The van der Waals surface area contributed by atoms with Crippen LogP contribution in [0.3, 0.4) is 0 Å². The van der Waals surface area contributed by atoms with Crippen LogP contribution in [0, 0.1) is 0 Å². The summed E-state index contributed by atoms with van der Waals surface area (Å²) >= 11 is 0. The molecule has 0 saturated carbocycles. The third kappa shape index (κ3) is 4.57. The minimum atomic E-state index is -0.549. The van der Waals surface area contributed by atoms with Crippen molar-refractivity contribution in [1.82, 2.24) is 0 Å². The number of fused-ring (bicyclic) bond motifs is 1. The minimum absolute atomic E-state index is 0.0273. The van der Waals surface area contributed by atoms with E-state index in [9.17, 15) is 9.59 Å². The molecule has 0 saturated heterocycles. The second-order valence-electron chi connectivity index (χ2n) is 7.72. The Morgan fingerprint density at radius 1 is 1.00 bits per heavy atom. The lowest BCUT2D eigenvalue weighted by Gasteiger charge is -2.22. The molecule has 1 atom stereocenters. The number of ether oxygens (including phenoxy) is 2. The number of rotatable bonds is 6. The summed E-state index contributed by atoms with van der Waals surface area (Å²) in [4.78, 5) is 27.7. The van der Waals surface area contributed by atoms with Crippen LogP contribution in [0.25, 0.3) is 11.6 Å². The average Bonchev–Trinajstić information content (AvgIpc) is 3.17. The molecule has 0 radical (unpaired) electrons. The molecule has 1 aliphatic heterocycles. The SMILES string of the molecule is COc1cccc(/C=C(/C(=O)OCC(=O)N2c3ccccc3C[C@@H]2C)c2ccccc2)c1. The molecule has 0 aliphatic carbocycles. The van der Waals surface area contributed by atoms with Gasteiger partial charge in [0.25, 0.3) is 5.91 Å². The van der Waals surface area contributed by atoms with E-state index in [0.717, 1.165) is 23.2 Å². The molecular formula is C27H25NO4. The maximum Gasteiger partial charge on any atom is 0.339 e. The van der Waals surface area contributed by atoms with Gasteiger partial charge in [-0.3, -0.25) is 4.79 Å². The zero-order chi connectivity index (χ0) is 22.5. The van der Waals surface area contributed by atoms with Gasteiger partial charge in [-0.05, 0) is 54.3 Å². The van der Waals surface area contributed by atoms with Crippen LogP contribution < -0.4 is 9.64 Å². The molecule has 4 rings (SSSR count). The molecule has 5 nitrogen and oxygen atoms in total. The Bertz CT molecular complexity index is 1150. The fourth-order valence-corrected chi connectivity index (χ4v) is 4.00. The maximum atomic E-state index is 13.1. The van der Waals surface area contributed by atoms with Gasteiger partial charge in [-0.2, -0.15) is 0 Å². The van der Waals surface area contributed by atoms with Crippen molar-refractivity contribution < 1.29 is 19.1 Å². The topological polar surface area (TPSA) is 55.8 Å². The van der Waals surface area contributed by atoms with E-state index in [2.05, 4.69) is 0 Å². The van der Waals surface area contributed by atoms with Crippen LogP contribution in [0.1, 0.15) is 23.6 Å². The van der Waals surface area contributed by atoms with Crippen LogP contribution in [0.15, 0.2) is 78.9 Å². The lowest BCUT2D eigenvalue weighted by Crippen LogP contribution is -2.38. The Morgan fingerprint density at radius 3 is 2.53 bits per heavy atom. The van der Waals surface area contributed by atoms with Crippen molar-refractivity contribution in [2.24, 2.45) is 0 Å². The average molecular weight is 428 g/mol. The molecule has 0 aromatic heterocycles. The number of hydrogen-bond donors (Lipinski definition) is 0. The van der Waals surface area contributed by atoms with Gasteiger partial charge in [-0.25, -0.2) is 4.79 Å². The molecular weight excluding hydrogens is 402 g/mol. The van der Waals surface area contributed by atoms with E-state index in [0.29, 0.717) is 16.9 Å². The van der Waals surface area contributed by atoms with Gasteiger partial charge >= 0.3 is 5.97 Å². The third-order valence-corrected chi connectivity index (χ3v) is 5.51. The first kappa shape index (κ1) is 21.4. The van der Waals surface area contributed by atoms with Gasteiger partial charge in [0.15, 0.2) is 6.61 Å². The molecule has 0 spiro atoms. The zero-order valence-electron chi connectivity index (χ0n) is 18.2. The van der Waals surface area contributed by atoms with Gasteiger partial charge in [-0.1, -0.05) is 60.7 Å². The molecule has 0 unspecified atom stereocenters. The Morgan fingerprint density at radius 2 is 1.75 bits per heavy atom. The van der Waals surface area contributed by atoms with Gasteiger partial charge in [0.2, 0.25) is 0 Å². The Hall–Kier alpha value is -3.86. The van der Waals surface area contributed by atoms with Gasteiger partial charge in [0, 0.05) is 11.7 Å².